The molecule has 2 unspecified atom stereocenters. The van der Waals surface area contributed by atoms with E-state index in [1.54, 1.807) is 7.05 Å². The number of carbonyl (C=O) groups excluding carboxylic acids is 2. The fourth-order valence-corrected chi connectivity index (χ4v) is 2.01. The monoisotopic (exact) mass is 242 g/mol. The average molecular weight is 242 g/mol. The summed E-state index contributed by atoms with van der Waals surface area (Å²) in [7, 11) is 1.54. The summed E-state index contributed by atoms with van der Waals surface area (Å²) in [5.74, 6) is -1.71. The van der Waals surface area contributed by atoms with Crippen LogP contribution in [0.3, 0.4) is 0 Å². The molecular weight excluding hydrogens is 224 g/mol. The fourth-order valence-electron chi connectivity index (χ4n) is 2.01. The van der Waals surface area contributed by atoms with Gasteiger partial charge in [0, 0.05) is 25.9 Å². The number of aliphatic carboxylic acids is 1. The molecule has 0 radical (unpaired) electrons. The highest BCUT2D eigenvalue weighted by molar-refractivity contribution is 5.81. The molecule has 0 aromatic heterocycles. The van der Waals surface area contributed by atoms with Crippen LogP contribution in [-0.4, -0.2) is 36.5 Å². The van der Waals surface area contributed by atoms with E-state index in [1.807, 2.05) is 0 Å². The van der Waals surface area contributed by atoms with Gasteiger partial charge in [0.15, 0.2) is 0 Å². The molecule has 0 aromatic carbocycles. The maximum atomic E-state index is 11.6. The van der Waals surface area contributed by atoms with Crippen molar-refractivity contribution in [3.8, 4) is 0 Å². The van der Waals surface area contributed by atoms with Gasteiger partial charge in [-0.3, -0.25) is 14.4 Å². The van der Waals surface area contributed by atoms with Gasteiger partial charge < -0.3 is 15.7 Å². The van der Waals surface area contributed by atoms with Crippen LogP contribution in [0.4, 0.5) is 0 Å². The molecule has 17 heavy (non-hydrogen) atoms. The molecule has 0 spiro atoms. The van der Waals surface area contributed by atoms with Gasteiger partial charge in [-0.1, -0.05) is 0 Å². The minimum absolute atomic E-state index is 0.125. The van der Waals surface area contributed by atoms with Crippen LogP contribution in [0.25, 0.3) is 0 Å². The Morgan fingerprint density at radius 1 is 1.24 bits per heavy atom. The molecule has 6 nitrogen and oxygen atoms in total. The van der Waals surface area contributed by atoms with E-state index < -0.39 is 11.9 Å². The zero-order chi connectivity index (χ0) is 12.8. The number of nitrogens with one attached hydrogen (secondary N) is 2. The van der Waals surface area contributed by atoms with E-state index in [-0.39, 0.29) is 24.2 Å². The van der Waals surface area contributed by atoms with Gasteiger partial charge in [0.2, 0.25) is 11.8 Å². The lowest BCUT2D eigenvalue weighted by molar-refractivity contribution is -0.141. The molecule has 1 rings (SSSR count). The number of carbonyl (C=O) groups is 3. The van der Waals surface area contributed by atoms with Crippen LogP contribution >= 0.6 is 0 Å². The van der Waals surface area contributed by atoms with Gasteiger partial charge in [0.25, 0.3) is 0 Å². The van der Waals surface area contributed by atoms with Crippen molar-refractivity contribution in [2.24, 2.45) is 11.8 Å². The Bertz CT molecular complexity index is 317. The Morgan fingerprint density at radius 3 is 2.41 bits per heavy atom. The quantitative estimate of drug-likeness (QED) is 0.619. The number of rotatable bonds is 5. The van der Waals surface area contributed by atoms with Crippen molar-refractivity contribution in [2.45, 2.75) is 25.7 Å². The molecule has 6 heteroatoms. The molecule has 1 aliphatic carbocycles. The van der Waals surface area contributed by atoms with Crippen LogP contribution in [0.5, 0.6) is 0 Å². The zero-order valence-corrected chi connectivity index (χ0v) is 9.86. The fraction of sp³-hybridized carbons (Fsp3) is 0.727. The molecule has 0 aliphatic heterocycles. The summed E-state index contributed by atoms with van der Waals surface area (Å²) in [6.07, 6.45) is 1.82. The molecule has 0 heterocycles. The Labute approximate surface area is 99.8 Å². The summed E-state index contributed by atoms with van der Waals surface area (Å²) < 4.78 is 0. The predicted molar refractivity (Wildman–Crippen MR) is 60.2 cm³/mol. The van der Waals surface area contributed by atoms with Gasteiger partial charge >= 0.3 is 5.97 Å². The van der Waals surface area contributed by atoms with Gasteiger partial charge in [-0.25, -0.2) is 0 Å². The van der Waals surface area contributed by atoms with Crippen LogP contribution in [0, 0.1) is 11.8 Å². The minimum atomic E-state index is -0.828. The number of hydrogen-bond donors (Lipinski definition) is 3. The van der Waals surface area contributed by atoms with E-state index >= 15 is 0 Å². The second-order valence-corrected chi connectivity index (χ2v) is 4.26. The third-order valence-electron chi connectivity index (χ3n) is 3.08. The molecule has 2 amide bonds. The molecule has 0 bridgehead atoms. The number of carboxylic acids is 1. The van der Waals surface area contributed by atoms with Crippen LogP contribution < -0.4 is 10.6 Å². The lowest BCUT2D eigenvalue weighted by Gasteiger charge is -2.10. The first-order chi connectivity index (χ1) is 8.04. The number of hydrogen-bond acceptors (Lipinski definition) is 3. The van der Waals surface area contributed by atoms with Gasteiger partial charge in [0.05, 0.1) is 5.92 Å². The summed E-state index contributed by atoms with van der Waals surface area (Å²) in [6, 6.07) is 0. The summed E-state index contributed by atoms with van der Waals surface area (Å²) >= 11 is 0. The average Bonchev–Trinajstić information content (AvgIpc) is 2.78. The normalized spacial score (nSPS) is 23.1. The standard InChI is InChI=1S/C11H18N2O4/c1-12-9(14)4-5-13-10(15)7-2-3-8(6-7)11(16)17/h7-8H,2-6H2,1H3,(H,12,14)(H,13,15)(H,16,17). The molecule has 96 valence electrons. The lowest BCUT2D eigenvalue weighted by atomic mass is 10.0. The first-order valence-corrected chi connectivity index (χ1v) is 5.75. The number of amides is 2. The summed E-state index contributed by atoms with van der Waals surface area (Å²) in [6.45, 7) is 0.298. The highest BCUT2D eigenvalue weighted by atomic mass is 16.4. The highest BCUT2D eigenvalue weighted by Crippen LogP contribution is 2.30. The van der Waals surface area contributed by atoms with E-state index in [0.29, 0.717) is 25.8 Å². The summed E-state index contributed by atoms with van der Waals surface area (Å²) in [5.41, 5.74) is 0. The van der Waals surface area contributed by atoms with Gasteiger partial charge in [-0.2, -0.15) is 0 Å². The summed E-state index contributed by atoms with van der Waals surface area (Å²) in [5, 5.41) is 13.9. The van der Waals surface area contributed by atoms with Crippen molar-refractivity contribution in [1.82, 2.24) is 10.6 Å². The highest BCUT2D eigenvalue weighted by Gasteiger charge is 2.33. The maximum absolute atomic E-state index is 11.6. The van der Waals surface area contributed by atoms with Crippen LogP contribution in [-0.2, 0) is 14.4 Å². The first kappa shape index (κ1) is 13.5. The molecule has 1 saturated carbocycles. The van der Waals surface area contributed by atoms with E-state index in [1.165, 1.54) is 0 Å². The van der Waals surface area contributed by atoms with Crippen molar-refractivity contribution in [2.75, 3.05) is 13.6 Å². The molecule has 0 saturated heterocycles. The molecular formula is C11H18N2O4. The zero-order valence-electron chi connectivity index (χ0n) is 9.86. The van der Waals surface area contributed by atoms with E-state index in [0.717, 1.165) is 0 Å². The number of carboxylic acid groups (broad SMARTS) is 1. The Morgan fingerprint density at radius 2 is 1.88 bits per heavy atom. The predicted octanol–water partition coefficient (Wildman–Crippen LogP) is -0.260. The van der Waals surface area contributed by atoms with Gasteiger partial charge in [-0.05, 0) is 19.3 Å². The van der Waals surface area contributed by atoms with E-state index in [9.17, 15) is 14.4 Å². The van der Waals surface area contributed by atoms with Crippen molar-refractivity contribution >= 4 is 17.8 Å². The van der Waals surface area contributed by atoms with Gasteiger partial charge in [-0.15, -0.1) is 0 Å². The minimum Gasteiger partial charge on any atom is -0.481 e. The molecule has 0 aromatic rings. The van der Waals surface area contributed by atoms with Crippen molar-refractivity contribution in [3.63, 3.8) is 0 Å². The van der Waals surface area contributed by atoms with Crippen LogP contribution in [0.1, 0.15) is 25.7 Å². The van der Waals surface area contributed by atoms with Crippen molar-refractivity contribution < 1.29 is 19.5 Å². The molecule has 3 N–H and O–H groups in total. The van der Waals surface area contributed by atoms with E-state index in [2.05, 4.69) is 10.6 Å². The molecule has 2 atom stereocenters. The smallest absolute Gasteiger partial charge is 0.306 e. The van der Waals surface area contributed by atoms with E-state index in [4.69, 9.17) is 5.11 Å². The van der Waals surface area contributed by atoms with Crippen molar-refractivity contribution in [3.05, 3.63) is 0 Å². The van der Waals surface area contributed by atoms with Gasteiger partial charge in [0.1, 0.15) is 0 Å². The second-order valence-electron chi connectivity index (χ2n) is 4.26. The topological polar surface area (TPSA) is 95.5 Å². The summed E-state index contributed by atoms with van der Waals surface area (Å²) in [4.78, 5) is 33.3. The lowest BCUT2D eigenvalue weighted by Crippen LogP contribution is -2.33. The molecule has 1 aliphatic rings. The maximum Gasteiger partial charge on any atom is 0.306 e. The largest absolute Gasteiger partial charge is 0.481 e. The Hall–Kier alpha value is -1.59. The van der Waals surface area contributed by atoms with Crippen LogP contribution in [0.15, 0.2) is 0 Å². The third-order valence-corrected chi connectivity index (χ3v) is 3.08. The molecule has 1 fully saturated rings. The second kappa shape index (κ2) is 6.22. The Kier molecular flexibility index (Phi) is 4.93. The SMILES string of the molecule is CNC(=O)CCNC(=O)C1CCC(C(=O)O)C1. The first-order valence-electron chi connectivity index (χ1n) is 5.75. The van der Waals surface area contributed by atoms with Crippen LogP contribution in [0.2, 0.25) is 0 Å². The Balaban J connectivity index is 2.25. The third kappa shape index (κ3) is 4.05. The van der Waals surface area contributed by atoms with Crippen molar-refractivity contribution in [1.29, 1.82) is 0 Å².